The normalized spacial score (nSPS) is 22.8. The number of benzene rings is 2. The van der Waals surface area contributed by atoms with Gasteiger partial charge in [-0.1, -0.05) is 30.3 Å². The van der Waals surface area contributed by atoms with Gasteiger partial charge in [0.25, 0.3) is 0 Å². The van der Waals surface area contributed by atoms with E-state index in [9.17, 15) is 13.2 Å². The van der Waals surface area contributed by atoms with Gasteiger partial charge in [0.2, 0.25) is 0 Å². The van der Waals surface area contributed by atoms with E-state index in [0.29, 0.717) is 12.0 Å². The highest BCUT2D eigenvalue weighted by molar-refractivity contribution is 7.91. The molecule has 3 nitrogen and oxygen atoms in total. The van der Waals surface area contributed by atoms with Gasteiger partial charge in [0.1, 0.15) is 0 Å². The summed E-state index contributed by atoms with van der Waals surface area (Å²) >= 11 is 0. The van der Waals surface area contributed by atoms with Crippen LogP contribution in [-0.2, 0) is 22.7 Å². The van der Waals surface area contributed by atoms with Gasteiger partial charge < -0.3 is 0 Å². The molecule has 2 aromatic rings. The Labute approximate surface area is 123 Å². The molecule has 0 spiro atoms. The second kappa shape index (κ2) is 4.41. The minimum absolute atomic E-state index is 0.00771. The fourth-order valence-corrected chi connectivity index (χ4v) is 5.42. The van der Waals surface area contributed by atoms with Crippen molar-refractivity contribution < 1.29 is 13.2 Å². The Morgan fingerprint density at radius 1 is 1.05 bits per heavy atom. The first-order chi connectivity index (χ1) is 10.1. The zero-order valence-corrected chi connectivity index (χ0v) is 12.4. The summed E-state index contributed by atoms with van der Waals surface area (Å²) in [6.07, 6.45) is 2.52. The van der Waals surface area contributed by atoms with Crippen molar-refractivity contribution in [3.05, 3.63) is 47.0 Å². The van der Waals surface area contributed by atoms with Crippen LogP contribution in [0.5, 0.6) is 0 Å². The largest absolute Gasteiger partial charge is 0.294 e. The lowest BCUT2D eigenvalue weighted by Gasteiger charge is -2.11. The number of ketones is 1. The van der Waals surface area contributed by atoms with Crippen molar-refractivity contribution in [3.63, 3.8) is 0 Å². The van der Waals surface area contributed by atoms with Gasteiger partial charge >= 0.3 is 0 Å². The van der Waals surface area contributed by atoms with Crippen molar-refractivity contribution in [1.29, 1.82) is 0 Å². The number of hydrogen-bond donors (Lipinski definition) is 0. The molecule has 1 heterocycles. The minimum atomic E-state index is -3.03. The van der Waals surface area contributed by atoms with Crippen LogP contribution < -0.4 is 0 Å². The molecule has 0 amide bonds. The summed E-state index contributed by atoms with van der Waals surface area (Å²) in [5, 5.41) is 2.21. The van der Waals surface area contributed by atoms with Crippen molar-refractivity contribution in [3.8, 4) is 0 Å². The van der Waals surface area contributed by atoms with Gasteiger partial charge in [-0.3, -0.25) is 4.79 Å². The molecule has 2 aromatic carbocycles. The van der Waals surface area contributed by atoms with Gasteiger partial charge in [0.05, 0.1) is 11.5 Å². The standard InChI is InChI=1S/C17H16O3S/c18-17(13-8-9-21(19,20)10-13)15-7-6-12-5-4-11-2-1-3-14(15)16(11)12/h1-3,6-7,13H,4-5,8-10H2. The Morgan fingerprint density at radius 3 is 2.52 bits per heavy atom. The van der Waals surface area contributed by atoms with Crippen LogP contribution in [0, 0.1) is 5.92 Å². The minimum Gasteiger partial charge on any atom is -0.294 e. The molecular formula is C17H16O3S. The predicted molar refractivity (Wildman–Crippen MR) is 82.4 cm³/mol. The zero-order valence-electron chi connectivity index (χ0n) is 11.6. The molecule has 2 aliphatic rings. The molecule has 0 saturated carbocycles. The third kappa shape index (κ3) is 2.01. The molecule has 0 bridgehead atoms. The fraction of sp³-hybridized carbons (Fsp3) is 0.353. The van der Waals surface area contributed by atoms with E-state index in [4.69, 9.17) is 0 Å². The highest BCUT2D eigenvalue weighted by atomic mass is 32.2. The number of Topliss-reactive ketones (excluding diaryl/α,β-unsaturated/α-hetero) is 1. The summed E-state index contributed by atoms with van der Waals surface area (Å²) in [7, 11) is -3.03. The van der Waals surface area contributed by atoms with Gasteiger partial charge in [-0.15, -0.1) is 0 Å². The summed E-state index contributed by atoms with van der Waals surface area (Å²) in [5.74, 6) is -0.223. The number of hydrogen-bond acceptors (Lipinski definition) is 3. The molecular weight excluding hydrogens is 284 g/mol. The lowest BCUT2D eigenvalue weighted by molar-refractivity contribution is 0.0935. The molecule has 0 N–H and O–H groups in total. The topological polar surface area (TPSA) is 51.2 Å². The summed E-state index contributed by atoms with van der Waals surface area (Å²) < 4.78 is 23.2. The molecule has 21 heavy (non-hydrogen) atoms. The second-order valence-corrected chi connectivity index (χ2v) is 8.30. The first kappa shape index (κ1) is 13.0. The first-order valence-corrected chi connectivity index (χ1v) is 9.15. The third-order valence-electron chi connectivity index (χ3n) is 4.75. The molecule has 1 saturated heterocycles. The van der Waals surface area contributed by atoms with Crippen LogP contribution in [0.15, 0.2) is 30.3 Å². The zero-order chi connectivity index (χ0) is 14.6. The highest BCUT2D eigenvalue weighted by Crippen LogP contribution is 2.34. The van der Waals surface area contributed by atoms with Crippen LogP contribution >= 0.6 is 0 Å². The Hall–Kier alpha value is -1.68. The Morgan fingerprint density at radius 2 is 1.81 bits per heavy atom. The molecule has 0 radical (unpaired) electrons. The fourth-order valence-electron chi connectivity index (χ4n) is 3.68. The van der Waals surface area contributed by atoms with Crippen LogP contribution in [0.25, 0.3) is 10.8 Å². The van der Waals surface area contributed by atoms with E-state index < -0.39 is 9.84 Å². The van der Waals surface area contributed by atoms with Gasteiger partial charge in [0.15, 0.2) is 15.6 Å². The molecule has 0 aromatic heterocycles. The average molecular weight is 300 g/mol. The molecule has 1 aliphatic carbocycles. The van der Waals surface area contributed by atoms with E-state index >= 15 is 0 Å². The average Bonchev–Trinajstić information content (AvgIpc) is 3.04. The molecule has 4 rings (SSSR count). The number of sulfone groups is 1. The predicted octanol–water partition coefficient (Wildman–Crippen LogP) is 2.56. The van der Waals surface area contributed by atoms with E-state index in [1.54, 1.807) is 0 Å². The molecule has 1 atom stereocenters. The van der Waals surface area contributed by atoms with E-state index in [1.165, 1.54) is 16.5 Å². The summed E-state index contributed by atoms with van der Waals surface area (Å²) in [5.41, 5.74) is 3.30. The Balaban J connectivity index is 1.83. The smallest absolute Gasteiger partial charge is 0.167 e. The quantitative estimate of drug-likeness (QED) is 0.801. The maximum absolute atomic E-state index is 12.7. The number of carbonyl (C=O) groups excluding carboxylic acids is 1. The molecule has 1 aliphatic heterocycles. The number of rotatable bonds is 2. The van der Waals surface area contributed by atoms with Crippen molar-refractivity contribution >= 4 is 26.4 Å². The highest BCUT2D eigenvalue weighted by Gasteiger charge is 2.34. The van der Waals surface area contributed by atoms with Crippen LogP contribution in [0.1, 0.15) is 27.9 Å². The van der Waals surface area contributed by atoms with Crippen LogP contribution in [0.4, 0.5) is 0 Å². The summed E-state index contributed by atoms with van der Waals surface area (Å²) in [6.45, 7) is 0. The molecule has 1 fully saturated rings. The lowest BCUT2D eigenvalue weighted by Crippen LogP contribution is -2.16. The van der Waals surface area contributed by atoms with Crippen molar-refractivity contribution in [2.24, 2.45) is 5.92 Å². The van der Waals surface area contributed by atoms with Gasteiger partial charge in [0, 0.05) is 11.5 Å². The van der Waals surface area contributed by atoms with E-state index in [1.807, 2.05) is 24.3 Å². The van der Waals surface area contributed by atoms with Crippen molar-refractivity contribution in [2.75, 3.05) is 11.5 Å². The van der Waals surface area contributed by atoms with Gasteiger partial charge in [-0.25, -0.2) is 8.42 Å². The SMILES string of the molecule is O=C(c1ccc2c3c(cccc13)CC2)C1CCS(=O)(=O)C1. The number of aryl methyl sites for hydroxylation is 2. The van der Waals surface area contributed by atoms with E-state index in [2.05, 4.69) is 6.07 Å². The van der Waals surface area contributed by atoms with Gasteiger partial charge in [-0.05, 0) is 41.2 Å². The van der Waals surface area contributed by atoms with Crippen molar-refractivity contribution in [1.82, 2.24) is 0 Å². The molecule has 108 valence electrons. The Bertz CT molecular complexity index is 855. The summed E-state index contributed by atoms with van der Waals surface area (Å²) in [6, 6.07) is 10.0. The monoisotopic (exact) mass is 300 g/mol. The summed E-state index contributed by atoms with van der Waals surface area (Å²) in [4.78, 5) is 12.7. The molecule has 4 heteroatoms. The van der Waals surface area contributed by atoms with E-state index in [-0.39, 0.29) is 23.2 Å². The van der Waals surface area contributed by atoms with Crippen LogP contribution in [0.3, 0.4) is 0 Å². The van der Waals surface area contributed by atoms with Crippen molar-refractivity contribution in [2.45, 2.75) is 19.3 Å². The van der Waals surface area contributed by atoms with Gasteiger partial charge in [-0.2, -0.15) is 0 Å². The maximum atomic E-state index is 12.7. The first-order valence-electron chi connectivity index (χ1n) is 7.33. The molecule has 1 unspecified atom stereocenters. The third-order valence-corrected chi connectivity index (χ3v) is 6.51. The lowest BCUT2D eigenvalue weighted by atomic mass is 9.91. The Kier molecular flexibility index (Phi) is 2.73. The van der Waals surface area contributed by atoms with E-state index in [0.717, 1.165) is 18.2 Å². The second-order valence-electron chi connectivity index (χ2n) is 6.08. The number of carbonyl (C=O) groups is 1. The maximum Gasteiger partial charge on any atom is 0.167 e. The van der Waals surface area contributed by atoms with Crippen LogP contribution in [0.2, 0.25) is 0 Å². The van der Waals surface area contributed by atoms with Crippen LogP contribution in [-0.4, -0.2) is 25.7 Å².